The Labute approximate surface area is 537 Å². The van der Waals surface area contributed by atoms with Crippen molar-refractivity contribution >= 4 is 39.5 Å². The van der Waals surface area contributed by atoms with Crippen LogP contribution in [0.2, 0.25) is 0 Å². The maximum absolute atomic E-state index is 13.0. The predicted molar refractivity (Wildman–Crippen MR) is 354 cm³/mol. The van der Waals surface area contributed by atoms with E-state index in [0.717, 1.165) is 89.9 Å². The number of aliphatic hydroxyl groups is 1. The summed E-state index contributed by atoms with van der Waals surface area (Å²) in [6.07, 6.45) is 48.6. The first-order chi connectivity index (χ1) is 42.5. The van der Waals surface area contributed by atoms with E-state index in [0.29, 0.717) is 31.6 Å². The van der Waals surface area contributed by atoms with Gasteiger partial charge in [0.2, 0.25) is 0 Å². The van der Waals surface area contributed by atoms with E-state index in [4.69, 9.17) is 37.0 Å². The molecule has 0 rings (SSSR count). The van der Waals surface area contributed by atoms with Crippen molar-refractivity contribution in [3.8, 4) is 0 Å². The molecule has 0 fully saturated rings. The Bertz CT molecular complexity index is 1700. The number of phosphoric acid groups is 2. The van der Waals surface area contributed by atoms with Crippen LogP contribution >= 0.6 is 15.6 Å². The van der Waals surface area contributed by atoms with Crippen molar-refractivity contribution in [2.45, 2.75) is 374 Å². The number of carbonyl (C=O) groups is 4. The summed E-state index contributed by atoms with van der Waals surface area (Å²) in [4.78, 5) is 72.4. The van der Waals surface area contributed by atoms with E-state index in [1.54, 1.807) is 0 Å². The molecular formula is C69H134O17P2. The van der Waals surface area contributed by atoms with Crippen LogP contribution < -0.4 is 0 Å². The zero-order valence-electron chi connectivity index (χ0n) is 56.9. The second-order valence-electron chi connectivity index (χ2n) is 25.4. The van der Waals surface area contributed by atoms with Crippen LogP contribution in [0.5, 0.6) is 0 Å². The zero-order chi connectivity index (χ0) is 64.9. The van der Waals surface area contributed by atoms with Gasteiger partial charge in [0, 0.05) is 25.7 Å². The zero-order valence-corrected chi connectivity index (χ0v) is 58.6. The molecule has 0 aliphatic carbocycles. The minimum absolute atomic E-state index is 0.104. The Balaban J connectivity index is 5.22. The lowest BCUT2D eigenvalue weighted by Crippen LogP contribution is -2.30. The van der Waals surface area contributed by atoms with Gasteiger partial charge in [0.15, 0.2) is 12.2 Å². The molecule has 0 aliphatic heterocycles. The molecule has 0 radical (unpaired) electrons. The molecule has 0 saturated heterocycles. The minimum Gasteiger partial charge on any atom is -0.462 e. The molecular weight excluding hydrogens is 1160 g/mol. The molecule has 3 N–H and O–H groups in total. The van der Waals surface area contributed by atoms with Crippen molar-refractivity contribution in [1.29, 1.82) is 0 Å². The smallest absolute Gasteiger partial charge is 0.462 e. The molecule has 0 spiro atoms. The molecule has 5 atom stereocenters. The minimum atomic E-state index is -4.95. The molecule has 0 saturated carbocycles. The van der Waals surface area contributed by atoms with Crippen molar-refractivity contribution in [2.24, 2.45) is 5.92 Å². The lowest BCUT2D eigenvalue weighted by atomic mass is 10.0. The largest absolute Gasteiger partial charge is 0.472 e. The van der Waals surface area contributed by atoms with Crippen molar-refractivity contribution in [2.75, 3.05) is 39.6 Å². The summed E-state index contributed by atoms with van der Waals surface area (Å²) in [6.45, 7) is 7.16. The number of ether oxygens (including phenoxy) is 4. The molecule has 522 valence electrons. The number of esters is 4. The first kappa shape index (κ1) is 86.1. The fraction of sp³-hybridized carbons (Fsp3) is 0.942. The summed E-state index contributed by atoms with van der Waals surface area (Å²) >= 11 is 0. The number of aliphatic hydroxyl groups excluding tert-OH is 1. The summed E-state index contributed by atoms with van der Waals surface area (Å²) in [5.74, 6) is -1.43. The van der Waals surface area contributed by atoms with Crippen molar-refractivity contribution in [3.63, 3.8) is 0 Å². The number of phosphoric ester groups is 2. The second-order valence-corrected chi connectivity index (χ2v) is 28.3. The van der Waals surface area contributed by atoms with Gasteiger partial charge in [-0.05, 0) is 31.6 Å². The summed E-state index contributed by atoms with van der Waals surface area (Å²) < 4.78 is 68.2. The molecule has 0 aromatic heterocycles. The van der Waals surface area contributed by atoms with Crippen molar-refractivity contribution in [3.05, 3.63) is 0 Å². The van der Waals surface area contributed by atoms with Gasteiger partial charge < -0.3 is 33.8 Å². The van der Waals surface area contributed by atoms with Crippen LogP contribution in [0.4, 0.5) is 0 Å². The molecule has 19 heteroatoms. The van der Waals surface area contributed by atoms with Crippen LogP contribution in [-0.2, 0) is 65.4 Å². The number of rotatable bonds is 69. The average Bonchev–Trinajstić information content (AvgIpc) is 3.67. The summed E-state index contributed by atoms with van der Waals surface area (Å²) in [7, 11) is -9.89. The maximum atomic E-state index is 13.0. The Kier molecular flexibility index (Phi) is 61.1. The lowest BCUT2D eigenvalue weighted by molar-refractivity contribution is -0.161. The van der Waals surface area contributed by atoms with Crippen LogP contribution in [0.3, 0.4) is 0 Å². The topological polar surface area (TPSA) is 237 Å². The molecule has 0 bridgehead atoms. The van der Waals surface area contributed by atoms with Crippen molar-refractivity contribution in [1.82, 2.24) is 0 Å². The highest BCUT2D eigenvalue weighted by Crippen LogP contribution is 2.45. The van der Waals surface area contributed by atoms with Crippen LogP contribution in [0.1, 0.15) is 356 Å². The van der Waals surface area contributed by atoms with Crippen LogP contribution in [-0.4, -0.2) is 96.7 Å². The SMILES string of the molecule is CCCCCCCCCCCCCCCCCCC(=O)O[C@H](COC(=O)CCCCCCCCCCCCCCC)COP(=O)(O)OC[C@@H](O)COP(=O)(O)OC[C@@H](COC(=O)CCCCCCCCCCC)OC(=O)CCCCCCCCCC(C)C. The Morgan fingerprint density at radius 1 is 0.307 bits per heavy atom. The van der Waals surface area contributed by atoms with Gasteiger partial charge in [-0.2, -0.15) is 0 Å². The molecule has 88 heavy (non-hydrogen) atoms. The van der Waals surface area contributed by atoms with Gasteiger partial charge in [-0.1, -0.05) is 304 Å². The van der Waals surface area contributed by atoms with Gasteiger partial charge in [0.25, 0.3) is 0 Å². The summed E-state index contributed by atoms with van der Waals surface area (Å²) in [6, 6.07) is 0. The first-order valence-electron chi connectivity index (χ1n) is 36.1. The molecule has 0 amide bonds. The van der Waals surface area contributed by atoms with Gasteiger partial charge in [-0.3, -0.25) is 37.3 Å². The van der Waals surface area contributed by atoms with Crippen LogP contribution in [0.15, 0.2) is 0 Å². The third-order valence-corrected chi connectivity index (χ3v) is 17.9. The Morgan fingerprint density at radius 3 is 0.773 bits per heavy atom. The third kappa shape index (κ3) is 62.8. The van der Waals surface area contributed by atoms with E-state index >= 15 is 0 Å². The average molecular weight is 1300 g/mol. The third-order valence-electron chi connectivity index (χ3n) is 16.0. The number of unbranched alkanes of at least 4 members (excludes halogenated alkanes) is 41. The quantitative estimate of drug-likeness (QED) is 0.0222. The Hall–Kier alpha value is -1.94. The molecule has 17 nitrogen and oxygen atoms in total. The number of hydrogen-bond acceptors (Lipinski definition) is 15. The van der Waals surface area contributed by atoms with Gasteiger partial charge in [0.05, 0.1) is 26.4 Å². The molecule has 0 aromatic rings. The summed E-state index contributed by atoms with van der Waals surface area (Å²) in [5, 5.41) is 10.6. The molecule has 0 aromatic carbocycles. The van der Waals surface area contributed by atoms with E-state index in [-0.39, 0.29) is 25.7 Å². The first-order valence-corrected chi connectivity index (χ1v) is 39.1. The highest BCUT2D eigenvalue weighted by Gasteiger charge is 2.30. The fourth-order valence-corrected chi connectivity index (χ4v) is 12.0. The summed E-state index contributed by atoms with van der Waals surface area (Å²) in [5.41, 5.74) is 0. The maximum Gasteiger partial charge on any atom is 0.472 e. The van der Waals surface area contributed by atoms with Crippen molar-refractivity contribution < 1.29 is 80.2 Å². The highest BCUT2D eigenvalue weighted by molar-refractivity contribution is 7.47. The number of carbonyl (C=O) groups excluding carboxylic acids is 4. The van der Waals surface area contributed by atoms with Crippen LogP contribution in [0.25, 0.3) is 0 Å². The standard InChI is InChI=1S/C69H134O17P2/c1-6-9-12-15-18-21-23-25-26-27-29-31-34-39-44-49-54-68(73)85-64(58-80-67(72)53-48-43-38-33-30-28-24-22-19-16-13-10-7-2)60-83-87(75,76)81-56-63(70)57-82-88(77,78)84-61-65(59-79-66(71)52-47-42-37-32-20-17-14-11-8-3)86-69(74)55-50-45-40-35-36-41-46-51-62(4)5/h62-65,70H,6-61H2,1-5H3,(H,75,76)(H,77,78)/t63-,64-,65-/m1/s1. The predicted octanol–water partition coefficient (Wildman–Crippen LogP) is 19.7. The van der Waals surface area contributed by atoms with Gasteiger partial charge >= 0.3 is 39.5 Å². The lowest BCUT2D eigenvalue weighted by Gasteiger charge is -2.21. The van der Waals surface area contributed by atoms with Gasteiger partial charge in [-0.15, -0.1) is 0 Å². The number of hydrogen-bond donors (Lipinski definition) is 3. The normalized spacial score (nSPS) is 14.1. The second kappa shape index (κ2) is 62.5. The van der Waals surface area contributed by atoms with E-state index < -0.39 is 97.5 Å². The molecule has 0 aliphatic rings. The molecule has 0 heterocycles. The van der Waals surface area contributed by atoms with E-state index in [2.05, 4.69) is 34.6 Å². The molecule has 2 unspecified atom stereocenters. The van der Waals surface area contributed by atoms with Gasteiger partial charge in [-0.25, -0.2) is 9.13 Å². The van der Waals surface area contributed by atoms with E-state index in [1.165, 1.54) is 180 Å². The van der Waals surface area contributed by atoms with Gasteiger partial charge in [0.1, 0.15) is 19.3 Å². The van der Waals surface area contributed by atoms with E-state index in [1.807, 2.05) is 0 Å². The fourth-order valence-electron chi connectivity index (χ4n) is 10.5. The Morgan fingerprint density at radius 2 is 0.523 bits per heavy atom. The monoisotopic (exact) mass is 1300 g/mol. The highest BCUT2D eigenvalue weighted by atomic mass is 31.2. The van der Waals surface area contributed by atoms with E-state index in [9.17, 15) is 43.2 Å². The van der Waals surface area contributed by atoms with Crippen LogP contribution in [0, 0.1) is 5.92 Å².